The highest BCUT2D eigenvalue weighted by molar-refractivity contribution is 8.00. The van der Waals surface area contributed by atoms with Crippen molar-refractivity contribution >= 4 is 23.6 Å². The Morgan fingerprint density at radius 3 is 2.35 bits per heavy atom. The molecule has 1 rings (SSSR count). The molecule has 0 saturated heterocycles. The molecule has 0 heterocycles. The monoisotopic (exact) mass is 253 g/mol. The van der Waals surface area contributed by atoms with Crippen LogP contribution in [0.5, 0.6) is 0 Å². The van der Waals surface area contributed by atoms with Crippen molar-refractivity contribution in [2.75, 3.05) is 10.5 Å². The van der Waals surface area contributed by atoms with Gasteiger partial charge in [0.2, 0.25) is 0 Å². The summed E-state index contributed by atoms with van der Waals surface area (Å²) in [7, 11) is 0. The van der Waals surface area contributed by atoms with E-state index >= 15 is 0 Å². The van der Waals surface area contributed by atoms with Gasteiger partial charge in [0.05, 0.1) is 5.56 Å². The van der Waals surface area contributed by atoms with Crippen molar-refractivity contribution in [2.24, 2.45) is 0 Å². The molecule has 0 saturated carbocycles. The second kappa shape index (κ2) is 5.96. The SMILES string of the molecule is CCSNc1ccc(C(=O)OC(C)(C)C)cc1. The molecule has 0 aliphatic carbocycles. The van der Waals surface area contributed by atoms with Crippen LogP contribution in [0.25, 0.3) is 0 Å². The Morgan fingerprint density at radius 1 is 1.29 bits per heavy atom. The molecule has 0 amide bonds. The lowest BCUT2D eigenvalue weighted by atomic mass is 10.1. The fraction of sp³-hybridized carbons (Fsp3) is 0.462. The quantitative estimate of drug-likeness (QED) is 0.655. The van der Waals surface area contributed by atoms with E-state index in [-0.39, 0.29) is 5.97 Å². The molecule has 0 spiro atoms. The molecule has 3 nitrogen and oxygen atoms in total. The average molecular weight is 253 g/mol. The van der Waals surface area contributed by atoms with Crippen LogP contribution in [0.1, 0.15) is 38.1 Å². The van der Waals surface area contributed by atoms with Crippen molar-refractivity contribution in [3.63, 3.8) is 0 Å². The predicted molar refractivity (Wildman–Crippen MR) is 73.4 cm³/mol. The molecule has 0 unspecified atom stereocenters. The molecule has 1 N–H and O–H groups in total. The van der Waals surface area contributed by atoms with Gasteiger partial charge in [-0.25, -0.2) is 4.79 Å². The van der Waals surface area contributed by atoms with E-state index in [4.69, 9.17) is 4.74 Å². The van der Waals surface area contributed by atoms with Crippen molar-refractivity contribution < 1.29 is 9.53 Å². The van der Waals surface area contributed by atoms with Gasteiger partial charge in [-0.05, 0) is 45.0 Å². The van der Waals surface area contributed by atoms with E-state index in [1.165, 1.54) is 0 Å². The molecule has 1 aromatic rings. The fourth-order valence-electron chi connectivity index (χ4n) is 1.17. The number of hydrogen-bond acceptors (Lipinski definition) is 4. The predicted octanol–water partition coefficient (Wildman–Crippen LogP) is 3.72. The third-order valence-corrected chi connectivity index (χ3v) is 2.52. The van der Waals surface area contributed by atoms with Crippen molar-refractivity contribution in [3.8, 4) is 0 Å². The summed E-state index contributed by atoms with van der Waals surface area (Å²) >= 11 is 1.62. The summed E-state index contributed by atoms with van der Waals surface area (Å²) < 4.78 is 8.45. The largest absolute Gasteiger partial charge is 0.456 e. The second-order valence-corrected chi connectivity index (χ2v) is 5.68. The molecular formula is C13H19NO2S. The Hall–Kier alpha value is -1.16. The Balaban J connectivity index is 2.64. The third kappa shape index (κ3) is 5.13. The van der Waals surface area contributed by atoms with Gasteiger partial charge in [-0.1, -0.05) is 18.9 Å². The van der Waals surface area contributed by atoms with E-state index in [2.05, 4.69) is 11.6 Å². The molecule has 0 fully saturated rings. The molecule has 94 valence electrons. The number of nitrogens with one attached hydrogen (secondary N) is 1. The number of anilines is 1. The van der Waals surface area contributed by atoms with Gasteiger partial charge in [0, 0.05) is 11.4 Å². The van der Waals surface area contributed by atoms with Crippen LogP contribution in [0.15, 0.2) is 24.3 Å². The van der Waals surface area contributed by atoms with Crippen molar-refractivity contribution in [1.82, 2.24) is 0 Å². The second-order valence-electron chi connectivity index (χ2n) is 4.61. The molecule has 17 heavy (non-hydrogen) atoms. The lowest BCUT2D eigenvalue weighted by Crippen LogP contribution is -2.23. The first-order valence-corrected chi connectivity index (χ1v) is 6.62. The highest BCUT2D eigenvalue weighted by Gasteiger charge is 2.17. The number of esters is 1. The van der Waals surface area contributed by atoms with Crippen molar-refractivity contribution in [3.05, 3.63) is 29.8 Å². The first-order chi connectivity index (χ1) is 7.92. The molecule has 0 aliphatic heterocycles. The van der Waals surface area contributed by atoms with Crippen LogP contribution in [0.4, 0.5) is 5.69 Å². The summed E-state index contributed by atoms with van der Waals surface area (Å²) in [6, 6.07) is 7.29. The maximum atomic E-state index is 11.7. The number of benzene rings is 1. The Bertz CT molecular complexity index is 368. The molecule has 4 heteroatoms. The van der Waals surface area contributed by atoms with Crippen LogP contribution in [0.3, 0.4) is 0 Å². The summed E-state index contributed by atoms with van der Waals surface area (Å²) in [5.74, 6) is 0.709. The molecule has 0 radical (unpaired) electrons. The number of carbonyl (C=O) groups is 1. The first-order valence-electron chi connectivity index (χ1n) is 5.63. The smallest absolute Gasteiger partial charge is 0.338 e. The van der Waals surface area contributed by atoms with Gasteiger partial charge in [-0.2, -0.15) is 0 Å². The van der Waals surface area contributed by atoms with E-state index in [1.54, 1.807) is 24.1 Å². The number of rotatable bonds is 4. The third-order valence-electron chi connectivity index (χ3n) is 1.85. The van der Waals surface area contributed by atoms with E-state index in [0.29, 0.717) is 5.56 Å². The highest BCUT2D eigenvalue weighted by Crippen LogP contribution is 2.16. The fourth-order valence-corrected chi connectivity index (χ4v) is 1.61. The van der Waals surface area contributed by atoms with Gasteiger partial charge < -0.3 is 9.46 Å². The van der Waals surface area contributed by atoms with Crippen LogP contribution in [-0.4, -0.2) is 17.3 Å². The van der Waals surface area contributed by atoms with Crippen molar-refractivity contribution in [1.29, 1.82) is 0 Å². The van der Waals surface area contributed by atoms with Gasteiger partial charge in [0.1, 0.15) is 5.60 Å². The minimum absolute atomic E-state index is 0.285. The van der Waals surface area contributed by atoms with E-state index in [9.17, 15) is 4.79 Å². The van der Waals surface area contributed by atoms with E-state index in [0.717, 1.165) is 11.4 Å². The van der Waals surface area contributed by atoms with Gasteiger partial charge in [-0.3, -0.25) is 0 Å². The van der Waals surface area contributed by atoms with Gasteiger partial charge >= 0.3 is 5.97 Å². The van der Waals surface area contributed by atoms with Crippen LogP contribution < -0.4 is 4.72 Å². The van der Waals surface area contributed by atoms with E-state index < -0.39 is 5.60 Å². The van der Waals surface area contributed by atoms with Crippen LogP contribution in [-0.2, 0) is 4.74 Å². The topological polar surface area (TPSA) is 38.3 Å². The number of carbonyl (C=O) groups excluding carboxylic acids is 1. The molecule has 0 atom stereocenters. The Kier molecular flexibility index (Phi) is 4.87. The normalized spacial score (nSPS) is 11.1. The van der Waals surface area contributed by atoms with E-state index in [1.807, 2.05) is 32.9 Å². The summed E-state index contributed by atoms with van der Waals surface area (Å²) in [6.07, 6.45) is 0. The molecular weight excluding hydrogens is 234 g/mol. The minimum Gasteiger partial charge on any atom is -0.456 e. The summed E-state index contributed by atoms with van der Waals surface area (Å²) in [6.45, 7) is 7.66. The summed E-state index contributed by atoms with van der Waals surface area (Å²) in [5, 5.41) is 0. The number of ether oxygens (including phenoxy) is 1. The van der Waals surface area contributed by atoms with Gasteiger partial charge in [0.15, 0.2) is 0 Å². The standard InChI is InChI=1S/C13H19NO2S/c1-5-17-14-11-8-6-10(7-9-11)12(15)16-13(2,3)4/h6-9,14H,5H2,1-4H3. The van der Waals surface area contributed by atoms with Crippen LogP contribution in [0.2, 0.25) is 0 Å². The highest BCUT2D eigenvalue weighted by atomic mass is 32.2. The molecule has 0 bridgehead atoms. The zero-order chi connectivity index (χ0) is 12.9. The molecule has 1 aromatic carbocycles. The lowest BCUT2D eigenvalue weighted by molar-refractivity contribution is 0.00696. The zero-order valence-corrected chi connectivity index (χ0v) is 11.6. The lowest BCUT2D eigenvalue weighted by Gasteiger charge is -2.19. The molecule has 0 aromatic heterocycles. The van der Waals surface area contributed by atoms with Crippen molar-refractivity contribution in [2.45, 2.75) is 33.3 Å². The van der Waals surface area contributed by atoms with Crippen LogP contribution in [0, 0.1) is 0 Å². The van der Waals surface area contributed by atoms with Gasteiger partial charge in [-0.15, -0.1) is 0 Å². The van der Waals surface area contributed by atoms with Gasteiger partial charge in [0.25, 0.3) is 0 Å². The Labute approximate surface area is 107 Å². The van der Waals surface area contributed by atoms with Crippen LogP contribution >= 0.6 is 11.9 Å². The molecule has 0 aliphatic rings. The maximum absolute atomic E-state index is 11.7. The Morgan fingerprint density at radius 2 is 1.88 bits per heavy atom. The average Bonchev–Trinajstić information content (AvgIpc) is 2.24. The summed E-state index contributed by atoms with van der Waals surface area (Å²) in [5.41, 5.74) is 1.11. The number of hydrogen-bond donors (Lipinski definition) is 1. The maximum Gasteiger partial charge on any atom is 0.338 e. The summed E-state index contributed by atoms with van der Waals surface area (Å²) in [4.78, 5) is 11.7. The first kappa shape index (κ1) is 13.9. The zero-order valence-electron chi connectivity index (χ0n) is 10.7. The minimum atomic E-state index is -0.452.